The molecule has 1 heterocycles. The van der Waals surface area contributed by atoms with Gasteiger partial charge in [-0.05, 0) is 43.3 Å². The van der Waals surface area contributed by atoms with E-state index in [2.05, 4.69) is 5.32 Å². The van der Waals surface area contributed by atoms with Gasteiger partial charge in [0.05, 0.1) is 11.5 Å². The third-order valence-corrected chi connectivity index (χ3v) is 6.05. The largest absolute Gasteiger partial charge is 0.348 e. The lowest BCUT2D eigenvalue weighted by Gasteiger charge is -2.26. The maximum atomic E-state index is 11.5. The van der Waals surface area contributed by atoms with Crippen LogP contribution in [0.4, 0.5) is 5.69 Å². The maximum absolute atomic E-state index is 11.5. The van der Waals surface area contributed by atoms with Crippen molar-refractivity contribution in [1.29, 1.82) is 0 Å². The number of hydrogen-bond acceptors (Lipinski definition) is 3. The van der Waals surface area contributed by atoms with Crippen LogP contribution < -0.4 is 5.32 Å². The van der Waals surface area contributed by atoms with Crippen molar-refractivity contribution in [2.75, 3.05) is 23.9 Å². The lowest BCUT2D eigenvalue weighted by molar-refractivity contribution is 0.402. The molecular formula is C13H17ClN2O2S2. The summed E-state index contributed by atoms with van der Waals surface area (Å²) in [6.07, 6.45) is 0.620. The highest BCUT2D eigenvalue weighted by atomic mass is 35.5. The summed E-state index contributed by atoms with van der Waals surface area (Å²) in [4.78, 5) is 1.81. The third kappa shape index (κ3) is 3.62. The van der Waals surface area contributed by atoms with Crippen LogP contribution in [-0.4, -0.2) is 43.0 Å². The minimum absolute atomic E-state index is 0.0547. The van der Waals surface area contributed by atoms with Crippen LogP contribution in [0.1, 0.15) is 12.0 Å². The van der Waals surface area contributed by atoms with E-state index in [0.29, 0.717) is 16.6 Å². The molecular weight excluding hydrogens is 316 g/mol. The minimum atomic E-state index is -2.91. The smallest absolute Gasteiger partial charge is 0.173 e. The molecule has 1 aliphatic rings. The average molecular weight is 333 g/mol. The fourth-order valence-electron chi connectivity index (χ4n) is 2.13. The Morgan fingerprint density at radius 3 is 2.75 bits per heavy atom. The number of sulfone groups is 1. The van der Waals surface area contributed by atoms with Crippen molar-refractivity contribution in [1.82, 2.24) is 4.90 Å². The zero-order chi connectivity index (χ0) is 14.9. The zero-order valence-electron chi connectivity index (χ0n) is 11.4. The highest BCUT2D eigenvalue weighted by Gasteiger charge is 2.31. The molecule has 1 aromatic carbocycles. The van der Waals surface area contributed by atoms with Gasteiger partial charge in [0.15, 0.2) is 14.9 Å². The molecule has 20 heavy (non-hydrogen) atoms. The van der Waals surface area contributed by atoms with Crippen molar-refractivity contribution >= 4 is 44.5 Å². The van der Waals surface area contributed by atoms with Crippen LogP contribution in [0.3, 0.4) is 0 Å². The second-order valence-corrected chi connectivity index (χ2v) is 8.08. The Balaban J connectivity index is 2.02. The number of anilines is 1. The quantitative estimate of drug-likeness (QED) is 0.843. The summed E-state index contributed by atoms with van der Waals surface area (Å²) in [7, 11) is -1.09. The molecule has 1 N–H and O–H groups in total. The molecule has 1 saturated heterocycles. The first-order valence-corrected chi connectivity index (χ1v) is 8.89. The molecule has 2 rings (SSSR count). The fourth-order valence-corrected chi connectivity index (χ4v) is 4.35. The maximum Gasteiger partial charge on any atom is 0.173 e. The van der Waals surface area contributed by atoms with Crippen molar-refractivity contribution in [3.8, 4) is 0 Å². The Labute approximate surface area is 130 Å². The molecule has 0 radical (unpaired) electrons. The van der Waals surface area contributed by atoms with E-state index in [1.807, 2.05) is 37.1 Å². The first-order chi connectivity index (χ1) is 9.28. The van der Waals surface area contributed by atoms with Crippen molar-refractivity contribution in [3.63, 3.8) is 0 Å². The Bertz CT molecular complexity index is 631. The average Bonchev–Trinajstić information content (AvgIpc) is 2.73. The van der Waals surface area contributed by atoms with Gasteiger partial charge in [0.25, 0.3) is 0 Å². The van der Waals surface area contributed by atoms with E-state index in [0.717, 1.165) is 11.3 Å². The number of aryl methyl sites for hydroxylation is 1. The summed E-state index contributed by atoms with van der Waals surface area (Å²) in [6.45, 7) is 1.93. The lowest BCUT2D eigenvalue weighted by atomic mass is 10.2. The molecule has 4 nitrogen and oxygen atoms in total. The molecule has 1 aromatic rings. The second-order valence-electron chi connectivity index (χ2n) is 5.06. The van der Waals surface area contributed by atoms with Crippen LogP contribution in [-0.2, 0) is 9.84 Å². The highest BCUT2D eigenvalue weighted by molar-refractivity contribution is 7.91. The SMILES string of the molecule is Cc1ccc(NC(=S)N(C)[C@@H]2CCS(=O)(=O)C2)cc1Cl. The predicted molar refractivity (Wildman–Crippen MR) is 87.2 cm³/mol. The van der Waals surface area contributed by atoms with Crippen molar-refractivity contribution in [3.05, 3.63) is 28.8 Å². The molecule has 0 unspecified atom stereocenters. The standard InChI is InChI=1S/C13H17ClN2O2S2/c1-9-3-4-10(7-12(9)14)15-13(19)16(2)11-5-6-20(17,18)8-11/h3-4,7,11H,5-6,8H2,1-2H3,(H,15,19)/t11-/m1/s1. The Hall–Kier alpha value is -0.850. The van der Waals surface area contributed by atoms with Crippen LogP contribution in [0, 0.1) is 6.92 Å². The lowest BCUT2D eigenvalue weighted by Crippen LogP contribution is -2.40. The molecule has 0 amide bonds. The van der Waals surface area contributed by atoms with Crippen LogP contribution in [0.5, 0.6) is 0 Å². The fraction of sp³-hybridized carbons (Fsp3) is 0.462. The van der Waals surface area contributed by atoms with Crippen molar-refractivity contribution in [2.45, 2.75) is 19.4 Å². The molecule has 0 aromatic heterocycles. The first-order valence-electron chi connectivity index (χ1n) is 6.29. The van der Waals surface area contributed by atoms with E-state index >= 15 is 0 Å². The summed E-state index contributed by atoms with van der Waals surface area (Å²) in [5, 5.41) is 4.27. The van der Waals surface area contributed by atoms with Gasteiger partial charge in [0.2, 0.25) is 0 Å². The number of nitrogens with zero attached hydrogens (tertiary/aromatic N) is 1. The third-order valence-electron chi connectivity index (χ3n) is 3.50. The summed E-state index contributed by atoms with van der Waals surface area (Å²) in [5.74, 6) is 0.404. The van der Waals surface area contributed by atoms with E-state index in [4.69, 9.17) is 23.8 Å². The van der Waals surface area contributed by atoms with Gasteiger partial charge < -0.3 is 10.2 Å². The Morgan fingerprint density at radius 2 is 2.20 bits per heavy atom. The summed E-state index contributed by atoms with van der Waals surface area (Å²) < 4.78 is 23.0. The van der Waals surface area contributed by atoms with Gasteiger partial charge in [-0.15, -0.1) is 0 Å². The molecule has 1 atom stereocenters. The van der Waals surface area contributed by atoms with Crippen LogP contribution in [0.15, 0.2) is 18.2 Å². The van der Waals surface area contributed by atoms with Gasteiger partial charge in [-0.1, -0.05) is 17.7 Å². The molecule has 0 aliphatic carbocycles. The Kier molecular flexibility index (Phi) is 4.56. The topological polar surface area (TPSA) is 49.4 Å². The summed E-state index contributed by atoms with van der Waals surface area (Å²) in [6, 6.07) is 5.56. The van der Waals surface area contributed by atoms with Crippen LogP contribution >= 0.6 is 23.8 Å². The number of benzene rings is 1. The molecule has 1 aliphatic heterocycles. The van der Waals surface area contributed by atoms with Gasteiger partial charge >= 0.3 is 0 Å². The van der Waals surface area contributed by atoms with Gasteiger partial charge in [0.1, 0.15) is 0 Å². The molecule has 0 saturated carbocycles. The predicted octanol–water partition coefficient (Wildman–Crippen LogP) is 2.46. The minimum Gasteiger partial charge on any atom is -0.348 e. The molecule has 0 bridgehead atoms. The van der Waals surface area contributed by atoms with E-state index in [1.165, 1.54) is 0 Å². The van der Waals surface area contributed by atoms with Gasteiger partial charge in [-0.3, -0.25) is 0 Å². The number of rotatable bonds is 2. The van der Waals surface area contributed by atoms with Crippen LogP contribution in [0.25, 0.3) is 0 Å². The summed E-state index contributed by atoms with van der Waals surface area (Å²) >= 11 is 11.4. The number of hydrogen-bond donors (Lipinski definition) is 1. The van der Waals surface area contributed by atoms with Crippen LogP contribution in [0.2, 0.25) is 5.02 Å². The van der Waals surface area contributed by atoms with Gasteiger partial charge in [-0.25, -0.2) is 8.42 Å². The molecule has 0 spiro atoms. The van der Waals surface area contributed by atoms with Gasteiger partial charge in [-0.2, -0.15) is 0 Å². The Morgan fingerprint density at radius 1 is 1.50 bits per heavy atom. The summed E-state index contributed by atoms with van der Waals surface area (Å²) in [5.41, 5.74) is 1.80. The van der Waals surface area contributed by atoms with E-state index < -0.39 is 9.84 Å². The first kappa shape index (κ1) is 15.5. The van der Waals surface area contributed by atoms with E-state index in [1.54, 1.807) is 0 Å². The number of halogens is 1. The van der Waals surface area contributed by atoms with Gasteiger partial charge in [0, 0.05) is 23.8 Å². The molecule has 1 fully saturated rings. The highest BCUT2D eigenvalue weighted by Crippen LogP contribution is 2.21. The molecule has 7 heteroatoms. The van der Waals surface area contributed by atoms with E-state index in [9.17, 15) is 8.42 Å². The second kappa shape index (κ2) is 5.87. The monoisotopic (exact) mass is 332 g/mol. The molecule has 110 valence electrons. The van der Waals surface area contributed by atoms with E-state index in [-0.39, 0.29) is 17.5 Å². The normalized spacial score (nSPS) is 20.6. The number of thiocarbonyl (C=S) groups is 1. The van der Waals surface area contributed by atoms with Crippen molar-refractivity contribution < 1.29 is 8.42 Å². The number of nitrogens with one attached hydrogen (secondary N) is 1. The van der Waals surface area contributed by atoms with Crippen molar-refractivity contribution in [2.24, 2.45) is 0 Å². The zero-order valence-corrected chi connectivity index (χ0v) is 13.8.